The monoisotopic (exact) mass is 581 g/mol. The van der Waals surface area contributed by atoms with Crippen molar-refractivity contribution in [1.29, 1.82) is 0 Å². The summed E-state index contributed by atoms with van der Waals surface area (Å²) in [7, 11) is 2.66. The lowest BCUT2D eigenvalue weighted by molar-refractivity contribution is 0.0591. The number of esters is 2. The highest BCUT2D eigenvalue weighted by Crippen LogP contribution is 2.41. The molecule has 210 valence electrons. The molecule has 0 saturated carbocycles. The number of anilines is 2. The molecule has 2 N–H and O–H groups in total. The quantitative estimate of drug-likeness (QED) is 0.367. The predicted octanol–water partition coefficient (Wildman–Crippen LogP) is 5.53. The van der Waals surface area contributed by atoms with Gasteiger partial charge < -0.3 is 20.1 Å². The number of nitrogens with zero attached hydrogens (tertiary/aromatic N) is 1. The molecular weight excluding hydrogens is 550 g/mol. The van der Waals surface area contributed by atoms with Gasteiger partial charge in [-0.3, -0.25) is 14.6 Å². The van der Waals surface area contributed by atoms with Gasteiger partial charge in [-0.1, -0.05) is 13.8 Å². The average molecular weight is 582 g/mol. The third-order valence-electron chi connectivity index (χ3n) is 7.51. The van der Waals surface area contributed by atoms with Crippen molar-refractivity contribution in [3.05, 3.63) is 61.6 Å². The van der Waals surface area contributed by atoms with E-state index < -0.39 is 23.8 Å². The smallest absolute Gasteiger partial charge is 0.341 e. The summed E-state index contributed by atoms with van der Waals surface area (Å²) >= 11 is 2.80. The Morgan fingerprint density at radius 3 is 1.75 bits per heavy atom. The Labute approximate surface area is 240 Å². The third-order valence-corrected chi connectivity index (χ3v) is 9.85. The van der Waals surface area contributed by atoms with Gasteiger partial charge in [0.25, 0.3) is 11.8 Å². The molecule has 0 fully saturated rings. The van der Waals surface area contributed by atoms with Gasteiger partial charge in [0.15, 0.2) is 0 Å². The lowest BCUT2D eigenvalue weighted by Gasteiger charge is -2.18. The molecule has 11 heteroatoms. The highest BCUT2D eigenvalue weighted by atomic mass is 32.1. The van der Waals surface area contributed by atoms with Crippen LogP contribution < -0.4 is 10.6 Å². The number of nitrogens with one attached hydrogen (secondary N) is 2. The maximum absolute atomic E-state index is 13.1. The second kappa shape index (κ2) is 11.5. The van der Waals surface area contributed by atoms with Crippen LogP contribution in [0.15, 0.2) is 18.3 Å². The van der Waals surface area contributed by atoms with Crippen LogP contribution in [0.5, 0.6) is 0 Å². The van der Waals surface area contributed by atoms with Crippen LogP contribution in [-0.4, -0.2) is 43.0 Å². The van der Waals surface area contributed by atoms with Crippen LogP contribution in [0.4, 0.5) is 10.0 Å². The number of fused-ring (bicyclic) bond motifs is 2. The number of carbonyl (C=O) groups excluding carboxylic acids is 4. The minimum Gasteiger partial charge on any atom is -0.465 e. The fourth-order valence-corrected chi connectivity index (χ4v) is 8.11. The van der Waals surface area contributed by atoms with E-state index in [9.17, 15) is 19.2 Å². The van der Waals surface area contributed by atoms with Crippen molar-refractivity contribution in [2.45, 2.75) is 52.4 Å². The maximum atomic E-state index is 13.1. The molecule has 9 nitrogen and oxygen atoms in total. The molecule has 2 aliphatic carbocycles. The Morgan fingerprint density at radius 2 is 1.30 bits per heavy atom. The molecular formula is C29H31N3O6S2. The standard InChI is InChI=1S/C29H31N3O6S2/c1-14-5-8-17-20(11-14)39-26(22(17)28(35)37-3)31-24(33)16-7-10-19(30-13-16)25(34)32-27-23(29(36)38-4)18-9-6-15(2)12-21(18)40-27/h7,10,13-15H,5-6,8-9,11-12H2,1-4H3,(H,31,33)(H,32,34). The van der Waals surface area contributed by atoms with Crippen molar-refractivity contribution in [2.24, 2.45) is 11.8 Å². The van der Waals surface area contributed by atoms with Crippen LogP contribution in [0.25, 0.3) is 0 Å². The van der Waals surface area contributed by atoms with Crippen molar-refractivity contribution < 1.29 is 28.7 Å². The van der Waals surface area contributed by atoms with Crippen LogP contribution in [0.2, 0.25) is 0 Å². The number of rotatable bonds is 6. The minimum absolute atomic E-state index is 0.0999. The second-order valence-corrected chi connectivity index (χ2v) is 12.6. The first-order valence-electron chi connectivity index (χ1n) is 13.2. The van der Waals surface area contributed by atoms with E-state index in [0.717, 1.165) is 59.4 Å². The minimum atomic E-state index is -0.489. The summed E-state index contributed by atoms with van der Waals surface area (Å²) in [6, 6.07) is 2.97. The first-order chi connectivity index (χ1) is 19.2. The topological polar surface area (TPSA) is 124 Å². The molecule has 3 aromatic heterocycles. The first kappa shape index (κ1) is 28.0. The van der Waals surface area contributed by atoms with Crippen LogP contribution in [0.1, 0.15) is 89.1 Å². The zero-order valence-electron chi connectivity index (χ0n) is 22.8. The Kier molecular flexibility index (Phi) is 8.04. The summed E-state index contributed by atoms with van der Waals surface area (Å²) in [5.74, 6) is -0.856. The molecule has 5 rings (SSSR count). The number of hydrogen-bond donors (Lipinski definition) is 2. The van der Waals surface area contributed by atoms with E-state index in [-0.39, 0.29) is 11.3 Å². The van der Waals surface area contributed by atoms with Crippen LogP contribution in [-0.2, 0) is 35.2 Å². The molecule has 0 saturated heterocycles. The fraction of sp³-hybridized carbons (Fsp3) is 0.414. The number of amides is 2. The zero-order valence-corrected chi connectivity index (χ0v) is 24.5. The maximum Gasteiger partial charge on any atom is 0.341 e. The highest BCUT2D eigenvalue weighted by molar-refractivity contribution is 7.17. The molecule has 40 heavy (non-hydrogen) atoms. The van der Waals surface area contributed by atoms with Gasteiger partial charge in [0, 0.05) is 16.0 Å². The number of ether oxygens (including phenoxy) is 2. The SMILES string of the molecule is COC(=O)c1c(NC(=O)c2ccc(C(=O)Nc3sc4c(c3C(=O)OC)CCC(C)C4)nc2)sc2c1CCC(C)C2. The molecule has 0 spiro atoms. The molecule has 3 aromatic rings. The molecule has 0 radical (unpaired) electrons. The van der Waals surface area contributed by atoms with Crippen LogP contribution >= 0.6 is 22.7 Å². The van der Waals surface area contributed by atoms with Gasteiger partial charge >= 0.3 is 11.9 Å². The molecule has 0 aliphatic heterocycles. The predicted molar refractivity (Wildman–Crippen MR) is 154 cm³/mol. The van der Waals surface area contributed by atoms with E-state index in [0.29, 0.717) is 33.0 Å². The summed E-state index contributed by atoms with van der Waals surface area (Å²) in [5.41, 5.74) is 3.06. The summed E-state index contributed by atoms with van der Waals surface area (Å²) < 4.78 is 10.00. The number of aromatic nitrogens is 1. The van der Waals surface area contributed by atoms with Crippen molar-refractivity contribution >= 4 is 56.4 Å². The molecule has 2 aliphatic rings. The normalized spacial score (nSPS) is 17.8. The average Bonchev–Trinajstić information content (AvgIpc) is 3.48. The number of methoxy groups -OCH3 is 2. The molecule has 2 atom stereocenters. The lowest BCUT2D eigenvalue weighted by Crippen LogP contribution is -2.18. The van der Waals surface area contributed by atoms with Gasteiger partial charge in [0.1, 0.15) is 15.7 Å². The van der Waals surface area contributed by atoms with Gasteiger partial charge in [-0.25, -0.2) is 9.59 Å². The van der Waals surface area contributed by atoms with E-state index in [1.807, 2.05) is 0 Å². The molecule has 0 bridgehead atoms. The van der Waals surface area contributed by atoms with E-state index in [1.165, 1.54) is 55.2 Å². The van der Waals surface area contributed by atoms with E-state index in [2.05, 4.69) is 29.5 Å². The molecule has 2 amide bonds. The van der Waals surface area contributed by atoms with Gasteiger partial charge in [-0.15, -0.1) is 22.7 Å². The van der Waals surface area contributed by atoms with Crippen LogP contribution in [0, 0.1) is 11.8 Å². The molecule has 3 heterocycles. The Bertz CT molecular complexity index is 1380. The van der Waals surface area contributed by atoms with E-state index >= 15 is 0 Å². The van der Waals surface area contributed by atoms with Crippen molar-refractivity contribution in [1.82, 2.24) is 4.98 Å². The first-order valence-corrected chi connectivity index (χ1v) is 14.9. The molecule has 2 unspecified atom stereocenters. The second-order valence-electron chi connectivity index (χ2n) is 10.4. The summed E-state index contributed by atoms with van der Waals surface area (Å²) in [6.45, 7) is 4.34. The Hall–Kier alpha value is -3.57. The fourth-order valence-electron chi connectivity index (χ4n) is 5.32. The summed E-state index contributed by atoms with van der Waals surface area (Å²) in [5, 5.41) is 6.59. The van der Waals surface area contributed by atoms with Gasteiger partial charge in [0.05, 0.1) is 30.9 Å². The summed E-state index contributed by atoms with van der Waals surface area (Å²) in [6.07, 6.45) is 6.51. The summed E-state index contributed by atoms with van der Waals surface area (Å²) in [4.78, 5) is 57.6. The number of thiophene rings is 2. The Balaban J connectivity index is 1.33. The van der Waals surface area contributed by atoms with Gasteiger partial charge in [-0.05, 0) is 73.6 Å². The van der Waals surface area contributed by atoms with Crippen molar-refractivity contribution in [3.63, 3.8) is 0 Å². The Morgan fingerprint density at radius 1 is 0.800 bits per heavy atom. The van der Waals surface area contributed by atoms with Gasteiger partial charge in [-0.2, -0.15) is 0 Å². The van der Waals surface area contributed by atoms with Crippen molar-refractivity contribution in [2.75, 3.05) is 24.9 Å². The van der Waals surface area contributed by atoms with Crippen molar-refractivity contribution in [3.8, 4) is 0 Å². The van der Waals surface area contributed by atoms with Gasteiger partial charge in [0.2, 0.25) is 0 Å². The molecule has 0 aromatic carbocycles. The number of carbonyl (C=O) groups is 4. The number of pyridine rings is 1. The zero-order chi connectivity index (χ0) is 28.6. The van der Waals surface area contributed by atoms with E-state index in [4.69, 9.17) is 9.47 Å². The lowest BCUT2D eigenvalue weighted by atomic mass is 9.88. The largest absolute Gasteiger partial charge is 0.465 e. The highest BCUT2D eigenvalue weighted by Gasteiger charge is 2.30. The number of hydrogen-bond acceptors (Lipinski definition) is 9. The van der Waals surface area contributed by atoms with E-state index in [1.54, 1.807) is 0 Å². The van der Waals surface area contributed by atoms with Crippen LogP contribution in [0.3, 0.4) is 0 Å². The third kappa shape index (κ3) is 5.40.